The van der Waals surface area contributed by atoms with Gasteiger partial charge < -0.3 is 10.6 Å². The lowest BCUT2D eigenvalue weighted by atomic mass is 10.1. The number of hydrogen-bond acceptors (Lipinski definition) is 4. The molecule has 3 rings (SSSR count). The minimum Gasteiger partial charge on any atom is -0.368 e. The molecular weight excluding hydrogens is 389 g/mol. The fraction of sp³-hybridized carbons (Fsp3) is 0.100. The van der Waals surface area contributed by atoms with Crippen LogP contribution in [0.1, 0.15) is 11.1 Å². The topological polar surface area (TPSA) is 49.8 Å². The number of aromatic nitrogens is 2. The van der Waals surface area contributed by atoms with Crippen LogP contribution in [0.2, 0.25) is 5.02 Å². The zero-order valence-electron chi connectivity index (χ0n) is 14.6. The average molecular weight is 405 g/mol. The largest absolute Gasteiger partial charge is 0.417 e. The van der Waals surface area contributed by atoms with Crippen molar-refractivity contribution in [1.29, 1.82) is 0 Å². The van der Waals surface area contributed by atoms with Gasteiger partial charge in [-0.2, -0.15) is 13.2 Å². The molecule has 0 radical (unpaired) electrons. The number of nitrogens with one attached hydrogen (secondary N) is 2. The van der Waals surface area contributed by atoms with E-state index in [0.29, 0.717) is 12.4 Å². The van der Waals surface area contributed by atoms with Crippen molar-refractivity contribution < 1.29 is 13.2 Å². The summed E-state index contributed by atoms with van der Waals surface area (Å²) in [6.45, 7) is 4.24. The molecule has 3 aromatic rings. The van der Waals surface area contributed by atoms with Gasteiger partial charge in [-0.1, -0.05) is 36.4 Å². The molecule has 0 aliphatic rings. The summed E-state index contributed by atoms with van der Waals surface area (Å²) in [5.41, 5.74) is 2.17. The molecule has 0 aliphatic heterocycles. The maximum atomic E-state index is 13.0. The van der Waals surface area contributed by atoms with E-state index in [9.17, 15) is 13.2 Å². The second-order valence-electron chi connectivity index (χ2n) is 5.98. The highest BCUT2D eigenvalue weighted by atomic mass is 35.5. The van der Waals surface area contributed by atoms with Crippen molar-refractivity contribution in [1.82, 2.24) is 15.3 Å². The van der Waals surface area contributed by atoms with Gasteiger partial charge in [-0.05, 0) is 35.4 Å². The van der Waals surface area contributed by atoms with Gasteiger partial charge in [0.2, 0.25) is 0 Å². The maximum absolute atomic E-state index is 13.0. The molecule has 1 aromatic heterocycles. The third-order valence-corrected chi connectivity index (χ3v) is 4.22. The van der Waals surface area contributed by atoms with Gasteiger partial charge in [-0.3, -0.25) is 0 Å². The quantitative estimate of drug-likeness (QED) is 0.570. The van der Waals surface area contributed by atoms with Crippen molar-refractivity contribution in [2.45, 2.75) is 12.7 Å². The molecule has 0 aliphatic carbocycles. The molecule has 0 spiro atoms. The smallest absolute Gasteiger partial charge is 0.368 e. The summed E-state index contributed by atoms with van der Waals surface area (Å²) in [5.74, 6) is 0.365. The Morgan fingerprint density at radius 2 is 1.79 bits per heavy atom. The lowest BCUT2D eigenvalue weighted by molar-refractivity contribution is -0.137. The monoisotopic (exact) mass is 404 g/mol. The minimum absolute atomic E-state index is 0.240. The van der Waals surface area contributed by atoms with Crippen LogP contribution in [0.25, 0.3) is 11.1 Å². The van der Waals surface area contributed by atoms with Gasteiger partial charge in [-0.15, -0.1) is 0 Å². The Balaban J connectivity index is 1.64. The number of alkyl halides is 3. The predicted molar refractivity (Wildman–Crippen MR) is 104 cm³/mol. The fourth-order valence-corrected chi connectivity index (χ4v) is 2.78. The molecule has 0 unspecified atom stereocenters. The Morgan fingerprint density at radius 3 is 2.50 bits per heavy atom. The summed E-state index contributed by atoms with van der Waals surface area (Å²) < 4.78 is 38.9. The number of nitrogens with zero attached hydrogens (tertiary/aromatic N) is 2. The molecule has 8 heteroatoms. The third-order valence-electron chi connectivity index (χ3n) is 3.89. The van der Waals surface area contributed by atoms with E-state index in [-0.39, 0.29) is 10.7 Å². The highest BCUT2D eigenvalue weighted by Crippen LogP contribution is 2.36. The van der Waals surface area contributed by atoms with E-state index in [4.69, 9.17) is 11.6 Å². The van der Waals surface area contributed by atoms with Gasteiger partial charge in [0.1, 0.15) is 6.33 Å². The van der Waals surface area contributed by atoms with E-state index in [0.717, 1.165) is 22.8 Å². The molecule has 0 saturated carbocycles. The number of rotatable bonds is 6. The molecule has 28 heavy (non-hydrogen) atoms. The number of halogens is 4. The van der Waals surface area contributed by atoms with Crippen LogP contribution in [0.5, 0.6) is 0 Å². The molecule has 0 atom stereocenters. The van der Waals surface area contributed by atoms with Crippen molar-refractivity contribution in [2.24, 2.45) is 0 Å². The molecule has 0 fully saturated rings. The van der Waals surface area contributed by atoms with Crippen LogP contribution in [0.15, 0.2) is 73.6 Å². The molecular formula is C20H16ClF3N4. The Hall–Kier alpha value is -3.06. The summed E-state index contributed by atoms with van der Waals surface area (Å²) in [6, 6.07) is 11.4. The Labute approximate surface area is 165 Å². The van der Waals surface area contributed by atoms with E-state index in [1.54, 1.807) is 12.4 Å². The van der Waals surface area contributed by atoms with Gasteiger partial charge in [0.05, 0.1) is 16.4 Å². The highest BCUT2D eigenvalue weighted by molar-refractivity contribution is 6.31. The van der Waals surface area contributed by atoms with E-state index in [1.165, 1.54) is 18.5 Å². The van der Waals surface area contributed by atoms with Crippen LogP contribution in [0.4, 0.5) is 18.9 Å². The van der Waals surface area contributed by atoms with Crippen molar-refractivity contribution in [3.05, 3.63) is 89.7 Å². The van der Waals surface area contributed by atoms with Crippen LogP contribution in [0.3, 0.4) is 0 Å². The van der Waals surface area contributed by atoms with Crippen LogP contribution in [-0.2, 0) is 12.7 Å². The standard InChI is InChI=1S/C20H16ClF3N4/c1-13(28-17-5-6-19(21)18(8-17)20(22,23)24)27-9-14-3-2-4-15(7-14)16-10-25-12-26-11-16/h2-8,10-12,27-28H,1,9H2. The van der Waals surface area contributed by atoms with Crippen molar-refractivity contribution in [3.8, 4) is 11.1 Å². The lowest BCUT2D eigenvalue weighted by Gasteiger charge is -2.15. The van der Waals surface area contributed by atoms with Gasteiger partial charge in [0.15, 0.2) is 0 Å². The molecule has 2 N–H and O–H groups in total. The summed E-state index contributed by atoms with van der Waals surface area (Å²) >= 11 is 5.63. The number of benzene rings is 2. The first-order valence-electron chi connectivity index (χ1n) is 8.24. The summed E-state index contributed by atoms with van der Waals surface area (Å²) in [7, 11) is 0. The second kappa shape index (κ2) is 8.31. The number of anilines is 1. The Morgan fingerprint density at radius 1 is 1.04 bits per heavy atom. The molecule has 0 bridgehead atoms. The van der Waals surface area contributed by atoms with Gasteiger partial charge in [-0.25, -0.2) is 9.97 Å². The second-order valence-corrected chi connectivity index (χ2v) is 6.38. The van der Waals surface area contributed by atoms with Crippen molar-refractivity contribution >= 4 is 17.3 Å². The highest BCUT2D eigenvalue weighted by Gasteiger charge is 2.33. The molecule has 1 heterocycles. The summed E-state index contributed by atoms with van der Waals surface area (Å²) in [5, 5.41) is 5.51. The maximum Gasteiger partial charge on any atom is 0.417 e. The SMILES string of the molecule is C=C(NCc1cccc(-c2cncnc2)c1)Nc1ccc(Cl)c(C(F)(F)F)c1. The first kappa shape index (κ1) is 19.7. The average Bonchev–Trinajstić information content (AvgIpc) is 2.68. The third kappa shape index (κ3) is 5.01. The Kier molecular flexibility index (Phi) is 5.84. The zero-order chi connectivity index (χ0) is 20.1. The van der Waals surface area contributed by atoms with Crippen LogP contribution < -0.4 is 10.6 Å². The molecule has 0 saturated heterocycles. The molecule has 4 nitrogen and oxygen atoms in total. The normalized spacial score (nSPS) is 11.1. The van der Waals surface area contributed by atoms with E-state index in [2.05, 4.69) is 27.2 Å². The minimum atomic E-state index is -4.52. The first-order valence-corrected chi connectivity index (χ1v) is 8.61. The fourth-order valence-electron chi connectivity index (χ4n) is 2.56. The zero-order valence-corrected chi connectivity index (χ0v) is 15.3. The lowest BCUT2D eigenvalue weighted by Crippen LogP contribution is -2.18. The number of hydrogen-bond donors (Lipinski definition) is 2. The predicted octanol–water partition coefficient (Wildman–Crippen LogP) is 5.49. The van der Waals surface area contributed by atoms with Gasteiger partial charge in [0.25, 0.3) is 0 Å². The van der Waals surface area contributed by atoms with Crippen LogP contribution in [0, 0.1) is 0 Å². The van der Waals surface area contributed by atoms with Crippen LogP contribution in [-0.4, -0.2) is 9.97 Å². The molecule has 0 amide bonds. The summed E-state index contributed by atoms with van der Waals surface area (Å²) in [6.07, 6.45) is 0.383. The van der Waals surface area contributed by atoms with Crippen LogP contribution >= 0.6 is 11.6 Å². The van der Waals surface area contributed by atoms with Crippen molar-refractivity contribution in [2.75, 3.05) is 5.32 Å². The molecule has 2 aromatic carbocycles. The van der Waals surface area contributed by atoms with Gasteiger partial charge in [0, 0.05) is 30.2 Å². The van der Waals surface area contributed by atoms with E-state index < -0.39 is 11.7 Å². The van der Waals surface area contributed by atoms with E-state index in [1.807, 2.05) is 24.3 Å². The first-order chi connectivity index (χ1) is 13.3. The van der Waals surface area contributed by atoms with E-state index >= 15 is 0 Å². The Bertz CT molecular complexity index is 975. The summed E-state index contributed by atoms with van der Waals surface area (Å²) in [4.78, 5) is 8.00. The van der Waals surface area contributed by atoms with Gasteiger partial charge >= 0.3 is 6.18 Å². The van der Waals surface area contributed by atoms with Crippen molar-refractivity contribution in [3.63, 3.8) is 0 Å². The molecule has 144 valence electrons.